The van der Waals surface area contributed by atoms with Gasteiger partial charge in [-0.25, -0.2) is 4.98 Å². The highest BCUT2D eigenvalue weighted by atomic mass is 32.1. The maximum absolute atomic E-state index is 5.06. The fourth-order valence-electron chi connectivity index (χ4n) is 1.25. The number of hydrogen-bond acceptors (Lipinski definition) is 4. The molecule has 6 heteroatoms. The number of aromatic amines is 1. The number of hydrogen-bond donors (Lipinski definition) is 1. The Morgan fingerprint density at radius 3 is 3.14 bits per heavy atom. The molecule has 0 fully saturated rings. The van der Waals surface area contributed by atoms with Crippen molar-refractivity contribution in [3.63, 3.8) is 0 Å². The Bertz CT molecular complexity index is 442. The van der Waals surface area contributed by atoms with E-state index in [9.17, 15) is 0 Å². The molecule has 0 saturated heterocycles. The van der Waals surface area contributed by atoms with Crippen LogP contribution in [0, 0.1) is 4.77 Å². The summed E-state index contributed by atoms with van der Waals surface area (Å²) >= 11 is 6.73. The molecule has 2 rings (SSSR count). The Balaban J connectivity index is 2.13. The van der Waals surface area contributed by atoms with Gasteiger partial charge in [-0.05, 0) is 12.2 Å². The van der Waals surface area contributed by atoms with Crippen molar-refractivity contribution < 1.29 is 0 Å². The van der Waals surface area contributed by atoms with Crippen molar-refractivity contribution in [2.24, 2.45) is 0 Å². The molecule has 1 unspecified atom stereocenters. The van der Waals surface area contributed by atoms with Gasteiger partial charge in [-0.2, -0.15) is 5.10 Å². The predicted octanol–water partition coefficient (Wildman–Crippen LogP) is 2.20. The molecule has 0 aromatic carbocycles. The molecule has 0 radical (unpaired) electrons. The lowest BCUT2D eigenvalue weighted by atomic mass is 10.2. The second-order valence-corrected chi connectivity index (χ2v) is 4.40. The zero-order valence-electron chi connectivity index (χ0n) is 7.67. The van der Waals surface area contributed by atoms with Crippen molar-refractivity contribution in [2.75, 3.05) is 0 Å². The largest absolute Gasteiger partial charge is 0.306 e. The summed E-state index contributed by atoms with van der Waals surface area (Å²) in [7, 11) is 0. The van der Waals surface area contributed by atoms with Crippen LogP contribution in [-0.4, -0.2) is 19.7 Å². The summed E-state index contributed by atoms with van der Waals surface area (Å²) < 4.78 is 2.58. The van der Waals surface area contributed by atoms with Crippen LogP contribution in [0.1, 0.15) is 17.8 Å². The van der Waals surface area contributed by atoms with E-state index in [2.05, 4.69) is 22.1 Å². The molecule has 0 aliphatic carbocycles. The van der Waals surface area contributed by atoms with Crippen molar-refractivity contribution >= 4 is 23.6 Å². The number of thiazole rings is 1. The summed E-state index contributed by atoms with van der Waals surface area (Å²) in [5.41, 5.74) is 0. The smallest absolute Gasteiger partial charge is 0.194 e. The number of rotatable bonds is 3. The lowest BCUT2D eigenvalue weighted by Crippen LogP contribution is -2.05. The van der Waals surface area contributed by atoms with Crippen LogP contribution >= 0.6 is 23.6 Å². The zero-order valence-corrected chi connectivity index (χ0v) is 9.31. The fourth-order valence-corrected chi connectivity index (χ4v) is 2.12. The second-order valence-electron chi connectivity index (χ2n) is 3.09. The highest BCUT2D eigenvalue weighted by molar-refractivity contribution is 7.71. The van der Waals surface area contributed by atoms with Gasteiger partial charge in [0.15, 0.2) is 4.77 Å². The topological polar surface area (TPSA) is 46.5 Å². The molecule has 1 atom stereocenters. The average Bonchev–Trinajstić information content (AvgIpc) is 2.77. The molecule has 0 amide bonds. The summed E-state index contributed by atoms with van der Waals surface area (Å²) in [5.74, 6) is 0.374. The minimum atomic E-state index is 0.374. The summed E-state index contributed by atoms with van der Waals surface area (Å²) in [4.78, 5) is 4.27. The van der Waals surface area contributed by atoms with Gasteiger partial charge in [0, 0.05) is 24.0 Å². The van der Waals surface area contributed by atoms with Crippen molar-refractivity contribution in [1.82, 2.24) is 19.7 Å². The maximum Gasteiger partial charge on any atom is 0.194 e. The number of nitrogens with zero attached hydrogens (tertiary/aromatic N) is 3. The van der Waals surface area contributed by atoms with Crippen molar-refractivity contribution in [3.8, 4) is 0 Å². The van der Waals surface area contributed by atoms with E-state index in [4.69, 9.17) is 12.2 Å². The average molecular weight is 226 g/mol. The van der Waals surface area contributed by atoms with Gasteiger partial charge in [0.25, 0.3) is 0 Å². The van der Waals surface area contributed by atoms with Gasteiger partial charge >= 0.3 is 0 Å². The molecular weight excluding hydrogens is 216 g/mol. The number of aromatic nitrogens is 4. The van der Waals surface area contributed by atoms with E-state index in [0.29, 0.717) is 10.7 Å². The Morgan fingerprint density at radius 2 is 2.57 bits per heavy atom. The molecule has 4 nitrogen and oxygen atoms in total. The van der Waals surface area contributed by atoms with Gasteiger partial charge in [0.2, 0.25) is 0 Å². The first-order chi connectivity index (χ1) is 6.77. The van der Waals surface area contributed by atoms with Crippen LogP contribution in [0.5, 0.6) is 0 Å². The van der Waals surface area contributed by atoms with Gasteiger partial charge < -0.3 is 4.57 Å². The quantitative estimate of drug-likeness (QED) is 0.816. The fraction of sp³-hybridized carbons (Fsp3) is 0.375. The maximum atomic E-state index is 5.06. The first-order valence-corrected chi connectivity index (χ1v) is 5.55. The van der Waals surface area contributed by atoms with Crippen LogP contribution in [0.15, 0.2) is 17.9 Å². The van der Waals surface area contributed by atoms with Gasteiger partial charge in [0.05, 0.1) is 5.01 Å². The highest BCUT2D eigenvalue weighted by Gasteiger charge is 2.09. The van der Waals surface area contributed by atoms with Crippen LogP contribution < -0.4 is 0 Å². The van der Waals surface area contributed by atoms with Crippen LogP contribution in [0.25, 0.3) is 0 Å². The molecule has 1 N–H and O–H groups in total. The molecule has 2 aromatic heterocycles. The van der Waals surface area contributed by atoms with Crippen LogP contribution in [0.3, 0.4) is 0 Å². The minimum Gasteiger partial charge on any atom is -0.306 e. The van der Waals surface area contributed by atoms with Crippen LogP contribution in [-0.2, 0) is 6.54 Å². The third kappa shape index (κ3) is 1.91. The summed E-state index contributed by atoms with van der Waals surface area (Å²) in [6.07, 6.45) is 3.54. The SMILES string of the molecule is CC(Cn1cn[nH]c1=S)c1nccs1. The first-order valence-electron chi connectivity index (χ1n) is 4.26. The van der Waals surface area contributed by atoms with Gasteiger partial charge in [0.1, 0.15) is 6.33 Å². The highest BCUT2D eigenvalue weighted by Crippen LogP contribution is 2.19. The van der Waals surface area contributed by atoms with Crippen LogP contribution in [0.2, 0.25) is 0 Å². The van der Waals surface area contributed by atoms with Gasteiger partial charge in [-0.3, -0.25) is 5.10 Å². The third-order valence-electron chi connectivity index (χ3n) is 1.96. The van der Waals surface area contributed by atoms with Crippen LogP contribution in [0.4, 0.5) is 0 Å². The van der Waals surface area contributed by atoms with E-state index in [1.165, 1.54) is 0 Å². The second kappa shape index (κ2) is 4.02. The molecule has 74 valence electrons. The van der Waals surface area contributed by atoms with E-state index in [0.717, 1.165) is 11.6 Å². The van der Waals surface area contributed by atoms with Crippen molar-refractivity contribution in [3.05, 3.63) is 27.7 Å². The molecule has 0 aliphatic rings. The first kappa shape index (κ1) is 9.54. The molecule has 2 heterocycles. The molecule has 0 bridgehead atoms. The molecule has 2 aromatic rings. The Morgan fingerprint density at radius 1 is 1.71 bits per heavy atom. The molecular formula is C8H10N4S2. The molecule has 14 heavy (non-hydrogen) atoms. The normalized spacial score (nSPS) is 12.9. The van der Waals surface area contributed by atoms with Gasteiger partial charge in [-0.15, -0.1) is 11.3 Å². The summed E-state index contributed by atoms with van der Waals surface area (Å²) in [5, 5.41) is 9.72. The molecule has 0 aliphatic heterocycles. The van der Waals surface area contributed by atoms with E-state index < -0.39 is 0 Å². The third-order valence-corrected chi connectivity index (χ3v) is 3.29. The number of H-pyrrole nitrogens is 1. The van der Waals surface area contributed by atoms with E-state index in [1.54, 1.807) is 17.7 Å². The van der Waals surface area contributed by atoms with E-state index in [1.807, 2.05) is 16.1 Å². The zero-order chi connectivity index (χ0) is 9.97. The Labute approximate surface area is 90.6 Å². The predicted molar refractivity (Wildman–Crippen MR) is 57.9 cm³/mol. The monoisotopic (exact) mass is 226 g/mol. The molecule has 0 spiro atoms. The minimum absolute atomic E-state index is 0.374. The van der Waals surface area contributed by atoms with Crippen molar-refractivity contribution in [1.29, 1.82) is 0 Å². The van der Waals surface area contributed by atoms with Crippen molar-refractivity contribution in [2.45, 2.75) is 19.4 Å². The lowest BCUT2D eigenvalue weighted by Gasteiger charge is -2.07. The summed E-state index contributed by atoms with van der Waals surface area (Å²) in [6, 6.07) is 0. The van der Waals surface area contributed by atoms with E-state index >= 15 is 0 Å². The number of nitrogens with one attached hydrogen (secondary N) is 1. The van der Waals surface area contributed by atoms with E-state index in [-0.39, 0.29) is 0 Å². The van der Waals surface area contributed by atoms with Gasteiger partial charge in [-0.1, -0.05) is 6.92 Å². The Hall–Kier alpha value is -1.01. The Kier molecular flexibility index (Phi) is 2.74. The molecule has 0 saturated carbocycles. The summed E-state index contributed by atoms with van der Waals surface area (Å²) in [6.45, 7) is 2.95. The standard InChI is InChI=1S/C8H10N4S2/c1-6(7-9-2-3-14-7)4-12-5-10-11-8(12)13/h2-3,5-6H,4H2,1H3,(H,11,13). The lowest BCUT2D eigenvalue weighted by molar-refractivity contribution is 0.587.